The number of rotatable bonds is 4. The number of hydrogen-bond acceptors (Lipinski definition) is 4. The van der Waals surface area contributed by atoms with E-state index >= 15 is 0 Å². The Morgan fingerprint density at radius 3 is 2.72 bits per heavy atom. The predicted octanol–water partition coefficient (Wildman–Crippen LogP) is 3.92. The summed E-state index contributed by atoms with van der Waals surface area (Å²) >= 11 is 0. The number of imidazole rings is 1. The molecule has 4 aromatic rings. The van der Waals surface area contributed by atoms with Gasteiger partial charge in [-0.1, -0.05) is 18.2 Å². The van der Waals surface area contributed by atoms with Crippen LogP contribution >= 0.6 is 0 Å². The Morgan fingerprint density at radius 1 is 1.21 bits per heavy atom. The molecule has 29 heavy (non-hydrogen) atoms. The van der Waals surface area contributed by atoms with Gasteiger partial charge >= 0.3 is 0 Å². The minimum Gasteiger partial charge on any atom is -0.451 e. The van der Waals surface area contributed by atoms with E-state index in [4.69, 9.17) is 4.42 Å². The molecule has 6 nitrogen and oxygen atoms in total. The molecule has 0 saturated carbocycles. The maximum Gasteiger partial charge on any atom is 0.287 e. The summed E-state index contributed by atoms with van der Waals surface area (Å²) in [6.07, 6.45) is 3.28. The normalized spacial score (nSPS) is 12.1. The Balaban J connectivity index is 1.57. The lowest BCUT2D eigenvalue weighted by Gasteiger charge is -2.16. The molecule has 0 fully saturated rings. The third-order valence-electron chi connectivity index (χ3n) is 4.76. The number of nitrogens with zero attached hydrogens (tertiary/aromatic N) is 2. The molecule has 0 unspecified atom stereocenters. The van der Waals surface area contributed by atoms with Gasteiger partial charge in [0.15, 0.2) is 11.2 Å². The van der Waals surface area contributed by atoms with Crippen LogP contribution in [0.15, 0.2) is 70.1 Å². The van der Waals surface area contributed by atoms with Gasteiger partial charge in [-0.05, 0) is 43.7 Å². The van der Waals surface area contributed by atoms with Crippen molar-refractivity contribution in [2.24, 2.45) is 0 Å². The average Bonchev–Trinajstić information content (AvgIpc) is 3.13. The van der Waals surface area contributed by atoms with Crippen LogP contribution in [0.5, 0.6) is 0 Å². The number of carbonyl (C=O) groups excluding carboxylic acids is 1. The second-order valence-electron chi connectivity index (χ2n) is 6.72. The number of hydrogen-bond donors (Lipinski definition) is 1. The van der Waals surface area contributed by atoms with Crippen molar-refractivity contribution in [1.29, 1.82) is 0 Å². The van der Waals surface area contributed by atoms with Crippen molar-refractivity contribution >= 4 is 16.9 Å². The highest BCUT2D eigenvalue weighted by atomic mass is 19.1. The van der Waals surface area contributed by atoms with Gasteiger partial charge < -0.3 is 14.3 Å². The first kappa shape index (κ1) is 18.6. The topological polar surface area (TPSA) is 77.1 Å². The van der Waals surface area contributed by atoms with Crippen molar-refractivity contribution in [1.82, 2.24) is 14.9 Å². The van der Waals surface area contributed by atoms with E-state index in [2.05, 4.69) is 10.3 Å². The van der Waals surface area contributed by atoms with Crippen LogP contribution in [0.3, 0.4) is 0 Å². The first-order valence-electron chi connectivity index (χ1n) is 9.07. The Bertz CT molecular complexity index is 1280. The van der Waals surface area contributed by atoms with Gasteiger partial charge in [0.05, 0.1) is 17.1 Å². The number of fused-ring (bicyclic) bond motifs is 1. The highest BCUT2D eigenvalue weighted by Crippen LogP contribution is 2.21. The van der Waals surface area contributed by atoms with Crippen molar-refractivity contribution in [2.75, 3.05) is 0 Å². The van der Waals surface area contributed by atoms with Gasteiger partial charge in [0.1, 0.15) is 17.2 Å². The molecule has 146 valence electrons. The molecule has 2 aromatic carbocycles. The molecule has 0 aliphatic heterocycles. The summed E-state index contributed by atoms with van der Waals surface area (Å²) in [5.41, 5.74) is 1.00. The van der Waals surface area contributed by atoms with Gasteiger partial charge in [0, 0.05) is 18.5 Å². The van der Waals surface area contributed by atoms with Crippen LogP contribution < -0.4 is 10.7 Å². The van der Waals surface area contributed by atoms with E-state index in [1.807, 2.05) is 0 Å². The van der Waals surface area contributed by atoms with Gasteiger partial charge in [0.25, 0.3) is 5.91 Å². The number of aromatic nitrogens is 2. The van der Waals surface area contributed by atoms with Crippen LogP contribution in [0, 0.1) is 12.7 Å². The lowest BCUT2D eigenvalue weighted by atomic mass is 10.1. The number of nitrogens with one attached hydrogen (secondary N) is 1. The molecule has 7 heteroatoms. The summed E-state index contributed by atoms with van der Waals surface area (Å²) in [5, 5.41) is 3.15. The second-order valence-corrected chi connectivity index (χ2v) is 6.72. The van der Waals surface area contributed by atoms with Crippen LogP contribution in [0.4, 0.5) is 4.39 Å². The fourth-order valence-corrected chi connectivity index (χ4v) is 3.19. The molecule has 2 heterocycles. The Morgan fingerprint density at radius 2 is 2.00 bits per heavy atom. The summed E-state index contributed by atoms with van der Waals surface area (Å²) in [4.78, 5) is 28.8. The third kappa shape index (κ3) is 3.54. The van der Waals surface area contributed by atoms with Gasteiger partial charge in [0.2, 0.25) is 0 Å². The standard InChI is InChI=1S/C22H18FN3O3/c1-13(15-7-8-18(17(23)11-15)26-10-9-24-14(26)2)25-22(28)21-12-19(27)16-5-3-4-6-20(16)29-21/h3-13H,1-2H3,(H,25,28)/t13-/m1/s1. The van der Waals surface area contributed by atoms with E-state index in [-0.39, 0.29) is 11.2 Å². The maximum atomic E-state index is 14.6. The Kier molecular flexibility index (Phi) is 4.72. The van der Waals surface area contributed by atoms with E-state index < -0.39 is 17.8 Å². The molecule has 4 rings (SSSR count). The molecular weight excluding hydrogens is 373 g/mol. The zero-order valence-corrected chi connectivity index (χ0v) is 15.8. The molecule has 2 aromatic heterocycles. The zero-order chi connectivity index (χ0) is 20.5. The molecule has 0 bridgehead atoms. The van der Waals surface area contributed by atoms with Crippen molar-refractivity contribution in [3.05, 3.63) is 94.1 Å². The first-order chi connectivity index (χ1) is 13.9. The maximum absolute atomic E-state index is 14.6. The van der Waals surface area contributed by atoms with Crippen LogP contribution in [0.2, 0.25) is 0 Å². The number of halogens is 1. The number of amides is 1. The largest absolute Gasteiger partial charge is 0.451 e. The van der Waals surface area contributed by atoms with E-state index in [0.717, 1.165) is 6.07 Å². The van der Waals surface area contributed by atoms with Crippen LogP contribution in [-0.2, 0) is 0 Å². The van der Waals surface area contributed by atoms with Crippen molar-refractivity contribution in [2.45, 2.75) is 19.9 Å². The van der Waals surface area contributed by atoms with Crippen LogP contribution in [0.25, 0.3) is 16.7 Å². The van der Waals surface area contributed by atoms with Crippen molar-refractivity contribution < 1.29 is 13.6 Å². The molecule has 1 N–H and O–H groups in total. The molecular formula is C22H18FN3O3. The average molecular weight is 391 g/mol. The minimum atomic E-state index is -0.546. The van der Waals surface area contributed by atoms with Gasteiger partial charge in [-0.2, -0.15) is 0 Å². The predicted molar refractivity (Wildman–Crippen MR) is 107 cm³/mol. The summed E-state index contributed by atoms with van der Waals surface area (Å²) in [6.45, 7) is 3.52. The summed E-state index contributed by atoms with van der Waals surface area (Å²) < 4.78 is 21.8. The van der Waals surface area contributed by atoms with Crippen molar-refractivity contribution in [3.8, 4) is 5.69 Å². The van der Waals surface area contributed by atoms with E-state index in [9.17, 15) is 14.0 Å². The smallest absolute Gasteiger partial charge is 0.287 e. The van der Waals surface area contributed by atoms with Crippen molar-refractivity contribution in [3.63, 3.8) is 0 Å². The number of carbonyl (C=O) groups is 1. The first-order valence-corrected chi connectivity index (χ1v) is 9.07. The Labute approximate surface area is 165 Å². The molecule has 1 amide bonds. The molecule has 1 atom stereocenters. The van der Waals surface area contributed by atoms with Gasteiger partial charge in [-0.15, -0.1) is 0 Å². The molecule has 0 spiro atoms. The lowest BCUT2D eigenvalue weighted by Crippen LogP contribution is -2.27. The van der Waals surface area contributed by atoms with Crippen LogP contribution in [0.1, 0.15) is 34.9 Å². The van der Waals surface area contributed by atoms with Crippen LogP contribution in [-0.4, -0.2) is 15.5 Å². The fraction of sp³-hybridized carbons (Fsp3) is 0.136. The molecule has 0 aliphatic rings. The SMILES string of the molecule is Cc1nccn1-c1ccc([C@@H](C)NC(=O)c2cc(=O)c3ccccc3o2)cc1F. The fourth-order valence-electron chi connectivity index (χ4n) is 3.19. The van der Waals surface area contributed by atoms with Gasteiger partial charge in [-0.25, -0.2) is 9.37 Å². The molecule has 0 radical (unpaired) electrons. The summed E-state index contributed by atoms with van der Waals surface area (Å²) in [5.74, 6) is -0.395. The second kappa shape index (κ2) is 7.35. The van der Waals surface area contributed by atoms with Gasteiger partial charge in [-0.3, -0.25) is 9.59 Å². The Hall–Kier alpha value is -3.74. The van der Waals surface area contributed by atoms with E-state index in [0.29, 0.717) is 28.0 Å². The lowest BCUT2D eigenvalue weighted by molar-refractivity contribution is 0.0912. The monoisotopic (exact) mass is 391 g/mol. The van der Waals surface area contributed by atoms with E-state index in [1.165, 1.54) is 6.07 Å². The highest BCUT2D eigenvalue weighted by molar-refractivity contribution is 5.93. The number of para-hydroxylation sites is 1. The molecule has 0 aliphatic carbocycles. The minimum absolute atomic E-state index is 0.0910. The summed E-state index contributed by atoms with van der Waals surface area (Å²) in [6, 6.07) is 12.1. The third-order valence-corrected chi connectivity index (χ3v) is 4.76. The highest BCUT2D eigenvalue weighted by Gasteiger charge is 2.17. The summed E-state index contributed by atoms with van der Waals surface area (Å²) in [7, 11) is 0. The van der Waals surface area contributed by atoms with E-state index in [1.54, 1.807) is 67.2 Å². The quantitative estimate of drug-likeness (QED) is 0.572. The molecule has 0 saturated heterocycles. The number of benzene rings is 2. The number of aryl methyl sites for hydroxylation is 1. The zero-order valence-electron chi connectivity index (χ0n) is 15.8.